The Bertz CT molecular complexity index is 930. The molecule has 0 aliphatic heterocycles. The minimum absolute atomic E-state index is 0.170. The fourth-order valence-electron chi connectivity index (χ4n) is 2.21. The second-order valence-electron chi connectivity index (χ2n) is 5.31. The summed E-state index contributed by atoms with van der Waals surface area (Å²) in [5.41, 5.74) is 0.418. The van der Waals surface area contributed by atoms with Crippen LogP contribution in [0.2, 0.25) is 5.02 Å². The number of hydrogen-bond acceptors (Lipinski definition) is 8. The van der Waals surface area contributed by atoms with Crippen molar-refractivity contribution in [1.82, 2.24) is 20.2 Å². The molecule has 3 aromatic rings. The Labute approximate surface area is 163 Å². The lowest BCUT2D eigenvalue weighted by Gasteiger charge is -2.02. The molecule has 0 spiro atoms. The molecule has 0 aliphatic carbocycles. The molecule has 138 valence electrons. The smallest absolute Gasteiger partial charge is 0.258 e. The topological polar surface area (TPSA) is 92.8 Å². The highest BCUT2D eigenvalue weighted by atomic mass is 35.5. The van der Waals surface area contributed by atoms with Gasteiger partial charge < -0.3 is 15.0 Å². The Morgan fingerprint density at radius 2 is 2.27 bits per heavy atom. The van der Waals surface area contributed by atoms with Crippen LogP contribution in [-0.2, 0) is 10.5 Å². The van der Waals surface area contributed by atoms with Crippen molar-refractivity contribution in [2.24, 2.45) is 0 Å². The second-order valence-corrected chi connectivity index (χ2v) is 7.95. The predicted octanol–water partition coefficient (Wildman–Crippen LogP) is 3.56. The van der Waals surface area contributed by atoms with E-state index < -0.39 is 0 Å². The highest BCUT2D eigenvalue weighted by Gasteiger charge is 2.08. The minimum atomic E-state index is -0.170. The van der Waals surface area contributed by atoms with Crippen molar-refractivity contribution in [3.8, 4) is 0 Å². The number of H-pyrrole nitrogens is 1. The lowest BCUT2D eigenvalue weighted by Crippen LogP contribution is -2.11. The SMILES string of the molecule is CCOCCCNc1nnc(SCc2nc3cc(Cl)ccc3c(=O)[nH]2)s1. The second kappa shape index (κ2) is 9.31. The van der Waals surface area contributed by atoms with Crippen LogP contribution in [-0.4, -0.2) is 39.9 Å². The zero-order valence-corrected chi connectivity index (χ0v) is 16.5. The number of hydrogen-bond donors (Lipinski definition) is 2. The summed E-state index contributed by atoms with van der Waals surface area (Å²) in [6.45, 7) is 4.24. The third kappa shape index (κ3) is 5.16. The van der Waals surface area contributed by atoms with Crippen LogP contribution in [0.15, 0.2) is 27.3 Å². The van der Waals surface area contributed by atoms with Gasteiger partial charge in [-0.15, -0.1) is 10.2 Å². The Morgan fingerprint density at radius 1 is 1.38 bits per heavy atom. The summed E-state index contributed by atoms with van der Waals surface area (Å²) in [6, 6.07) is 5.05. The number of benzene rings is 1. The molecule has 0 amide bonds. The van der Waals surface area contributed by atoms with Crippen LogP contribution in [0.4, 0.5) is 5.13 Å². The number of ether oxygens (including phenoxy) is 1. The van der Waals surface area contributed by atoms with Gasteiger partial charge in [-0.1, -0.05) is 34.7 Å². The maximum Gasteiger partial charge on any atom is 0.258 e. The number of anilines is 1. The van der Waals surface area contributed by atoms with Crippen molar-refractivity contribution in [2.75, 3.05) is 25.1 Å². The molecule has 2 heterocycles. The molecule has 0 radical (unpaired) electrons. The monoisotopic (exact) mass is 411 g/mol. The fraction of sp³-hybridized carbons (Fsp3) is 0.375. The Balaban J connectivity index is 1.57. The third-order valence-corrected chi connectivity index (χ3v) is 5.66. The van der Waals surface area contributed by atoms with E-state index in [1.165, 1.54) is 23.1 Å². The summed E-state index contributed by atoms with van der Waals surface area (Å²) in [5.74, 6) is 1.08. The molecule has 2 N–H and O–H groups in total. The molecule has 10 heteroatoms. The van der Waals surface area contributed by atoms with E-state index in [1.54, 1.807) is 18.2 Å². The predicted molar refractivity (Wildman–Crippen MR) is 106 cm³/mol. The summed E-state index contributed by atoms with van der Waals surface area (Å²) in [7, 11) is 0. The number of rotatable bonds is 9. The Hall–Kier alpha value is -1.68. The van der Waals surface area contributed by atoms with E-state index in [4.69, 9.17) is 16.3 Å². The van der Waals surface area contributed by atoms with E-state index in [1.807, 2.05) is 6.92 Å². The van der Waals surface area contributed by atoms with Crippen LogP contribution in [0.5, 0.6) is 0 Å². The molecule has 0 saturated heterocycles. The first-order valence-electron chi connectivity index (χ1n) is 8.12. The van der Waals surface area contributed by atoms with Crippen LogP contribution in [0, 0.1) is 0 Å². The van der Waals surface area contributed by atoms with Crippen LogP contribution in [0.3, 0.4) is 0 Å². The summed E-state index contributed by atoms with van der Waals surface area (Å²) < 4.78 is 6.10. The number of aromatic amines is 1. The molecule has 0 saturated carbocycles. The lowest BCUT2D eigenvalue weighted by atomic mass is 10.2. The van der Waals surface area contributed by atoms with Crippen molar-refractivity contribution in [2.45, 2.75) is 23.4 Å². The first-order chi connectivity index (χ1) is 12.7. The van der Waals surface area contributed by atoms with Gasteiger partial charge in [0.15, 0.2) is 4.34 Å². The fourth-order valence-corrected chi connectivity index (χ4v) is 4.03. The Morgan fingerprint density at radius 3 is 3.12 bits per heavy atom. The summed E-state index contributed by atoms with van der Waals surface area (Å²) in [4.78, 5) is 19.4. The largest absolute Gasteiger partial charge is 0.382 e. The molecule has 0 unspecified atom stereocenters. The van der Waals surface area contributed by atoms with Crippen molar-refractivity contribution >= 4 is 50.7 Å². The van der Waals surface area contributed by atoms with E-state index in [-0.39, 0.29) is 5.56 Å². The zero-order chi connectivity index (χ0) is 18.4. The van der Waals surface area contributed by atoms with Crippen molar-refractivity contribution in [3.63, 3.8) is 0 Å². The van der Waals surface area contributed by atoms with E-state index in [2.05, 4.69) is 25.5 Å². The van der Waals surface area contributed by atoms with Crippen molar-refractivity contribution in [1.29, 1.82) is 0 Å². The molecule has 0 atom stereocenters. The molecule has 2 aromatic heterocycles. The van der Waals surface area contributed by atoms with Crippen LogP contribution < -0.4 is 10.9 Å². The average Bonchev–Trinajstić information content (AvgIpc) is 3.07. The van der Waals surface area contributed by atoms with Gasteiger partial charge in [0.05, 0.1) is 16.7 Å². The quantitative estimate of drug-likeness (QED) is 0.410. The van der Waals surface area contributed by atoms with E-state index in [0.29, 0.717) is 27.5 Å². The van der Waals surface area contributed by atoms with Crippen LogP contribution in [0.1, 0.15) is 19.2 Å². The summed E-state index contributed by atoms with van der Waals surface area (Å²) in [6.07, 6.45) is 0.917. The molecular weight excluding hydrogens is 394 g/mol. The highest BCUT2D eigenvalue weighted by molar-refractivity contribution is 8.00. The molecular formula is C16H18ClN5O2S2. The van der Waals surface area contributed by atoms with Crippen molar-refractivity contribution in [3.05, 3.63) is 39.4 Å². The van der Waals surface area contributed by atoms with E-state index >= 15 is 0 Å². The molecule has 26 heavy (non-hydrogen) atoms. The van der Waals surface area contributed by atoms with Crippen molar-refractivity contribution < 1.29 is 4.74 Å². The normalized spacial score (nSPS) is 11.2. The first-order valence-corrected chi connectivity index (χ1v) is 10.3. The standard InChI is InChI=1S/C16H18ClN5O2S2/c1-2-24-7-3-6-18-15-21-22-16(26-15)25-9-13-19-12-8-10(17)4-5-11(12)14(23)20-13/h4-5,8H,2-3,6-7,9H2,1H3,(H,18,21)(H,19,20,23). The molecule has 1 aromatic carbocycles. The Kier molecular flexibility index (Phi) is 6.84. The number of halogens is 1. The van der Waals surface area contributed by atoms with Gasteiger partial charge in [-0.2, -0.15) is 0 Å². The minimum Gasteiger partial charge on any atom is -0.382 e. The van der Waals surface area contributed by atoms with Gasteiger partial charge in [-0.25, -0.2) is 4.98 Å². The number of aromatic nitrogens is 4. The first kappa shape index (κ1) is 19.1. The average molecular weight is 412 g/mol. The third-order valence-electron chi connectivity index (χ3n) is 3.40. The maximum absolute atomic E-state index is 12.1. The zero-order valence-electron chi connectivity index (χ0n) is 14.1. The van der Waals surface area contributed by atoms with Crippen LogP contribution in [0.25, 0.3) is 10.9 Å². The molecule has 0 bridgehead atoms. The number of nitrogens with one attached hydrogen (secondary N) is 2. The molecule has 0 fully saturated rings. The van der Waals surface area contributed by atoms with Gasteiger partial charge in [0, 0.05) is 24.8 Å². The highest BCUT2D eigenvalue weighted by Crippen LogP contribution is 2.27. The summed E-state index contributed by atoms with van der Waals surface area (Å²) in [5, 5.41) is 13.3. The lowest BCUT2D eigenvalue weighted by molar-refractivity contribution is 0.147. The van der Waals surface area contributed by atoms with Gasteiger partial charge in [-0.05, 0) is 31.5 Å². The van der Waals surface area contributed by atoms with Gasteiger partial charge >= 0.3 is 0 Å². The maximum atomic E-state index is 12.1. The number of thioether (sulfide) groups is 1. The molecule has 0 aliphatic rings. The van der Waals surface area contributed by atoms with Gasteiger partial charge in [0.2, 0.25) is 5.13 Å². The van der Waals surface area contributed by atoms with E-state index in [0.717, 1.165) is 35.7 Å². The number of fused-ring (bicyclic) bond motifs is 1. The van der Waals surface area contributed by atoms with Gasteiger partial charge in [0.25, 0.3) is 5.56 Å². The van der Waals surface area contributed by atoms with Gasteiger partial charge in [-0.3, -0.25) is 4.79 Å². The molecule has 3 rings (SSSR count). The number of nitrogens with zero attached hydrogens (tertiary/aromatic N) is 3. The molecule has 7 nitrogen and oxygen atoms in total. The van der Waals surface area contributed by atoms with Gasteiger partial charge in [0.1, 0.15) is 5.82 Å². The summed E-state index contributed by atoms with van der Waals surface area (Å²) >= 11 is 8.93. The van der Waals surface area contributed by atoms with E-state index in [9.17, 15) is 4.79 Å². The van der Waals surface area contributed by atoms with Crippen LogP contribution >= 0.6 is 34.7 Å².